The van der Waals surface area contributed by atoms with Crippen molar-refractivity contribution in [3.05, 3.63) is 68.1 Å². The van der Waals surface area contributed by atoms with E-state index in [-0.39, 0.29) is 11.6 Å². The van der Waals surface area contributed by atoms with Gasteiger partial charge in [-0.2, -0.15) is 0 Å². The number of rotatable bonds is 4. The third-order valence-electron chi connectivity index (χ3n) is 2.97. The van der Waals surface area contributed by atoms with Crippen LogP contribution < -0.4 is 11.3 Å². The fourth-order valence-electron chi connectivity index (χ4n) is 1.99. The van der Waals surface area contributed by atoms with E-state index in [0.717, 1.165) is 5.56 Å². The van der Waals surface area contributed by atoms with Gasteiger partial charge in [-0.25, -0.2) is 8.78 Å². The Labute approximate surface area is 132 Å². The second kappa shape index (κ2) is 6.76. The largest absolute Gasteiger partial charge is 0.271 e. The van der Waals surface area contributed by atoms with Gasteiger partial charge in [-0.05, 0) is 52.2 Å². The van der Waals surface area contributed by atoms with Gasteiger partial charge in [0.2, 0.25) is 0 Å². The second-order valence-electron chi connectivity index (χ2n) is 4.31. The van der Waals surface area contributed by atoms with Crippen molar-refractivity contribution in [3.63, 3.8) is 0 Å². The molecule has 0 spiro atoms. The molecule has 0 radical (unpaired) electrons. The number of hydrogen-bond donors (Lipinski definition) is 2. The van der Waals surface area contributed by atoms with Crippen LogP contribution in [-0.2, 0) is 6.42 Å². The maximum absolute atomic E-state index is 13.9. The standard InChI is InChI=1S/C14H12Br2F2N2/c15-9-2-1-3-12(18)14(9)13(20-19)7-8-4-5-11(17)10(16)6-8/h1-6,13,20H,7,19H2. The first-order valence-electron chi connectivity index (χ1n) is 5.87. The van der Waals surface area contributed by atoms with E-state index < -0.39 is 6.04 Å². The van der Waals surface area contributed by atoms with Crippen LogP contribution in [0, 0.1) is 11.6 Å². The van der Waals surface area contributed by atoms with Gasteiger partial charge in [-0.1, -0.05) is 28.1 Å². The molecule has 2 aromatic carbocycles. The predicted octanol–water partition coefficient (Wildman–Crippen LogP) is 4.24. The lowest BCUT2D eigenvalue weighted by molar-refractivity contribution is 0.507. The summed E-state index contributed by atoms with van der Waals surface area (Å²) in [5.74, 6) is 4.86. The van der Waals surface area contributed by atoms with Crippen molar-refractivity contribution >= 4 is 31.9 Å². The van der Waals surface area contributed by atoms with Crippen molar-refractivity contribution < 1.29 is 8.78 Å². The fraction of sp³-hybridized carbons (Fsp3) is 0.143. The molecule has 0 fully saturated rings. The van der Waals surface area contributed by atoms with Gasteiger partial charge in [-0.3, -0.25) is 11.3 Å². The molecule has 106 valence electrons. The highest BCUT2D eigenvalue weighted by atomic mass is 79.9. The average molecular weight is 406 g/mol. The maximum Gasteiger partial charge on any atom is 0.137 e. The van der Waals surface area contributed by atoms with Crippen LogP contribution in [0.4, 0.5) is 8.78 Å². The Bertz CT molecular complexity index is 600. The van der Waals surface area contributed by atoms with E-state index in [1.165, 1.54) is 12.1 Å². The summed E-state index contributed by atoms with van der Waals surface area (Å²) >= 11 is 6.46. The predicted molar refractivity (Wildman–Crippen MR) is 82.0 cm³/mol. The van der Waals surface area contributed by atoms with Gasteiger partial charge in [0.15, 0.2) is 0 Å². The summed E-state index contributed by atoms with van der Waals surface area (Å²) < 4.78 is 28.2. The highest BCUT2D eigenvalue weighted by molar-refractivity contribution is 9.10. The van der Waals surface area contributed by atoms with Crippen molar-refractivity contribution in [1.29, 1.82) is 0 Å². The summed E-state index contributed by atoms with van der Waals surface area (Å²) in [6.45, 7) is 0. The average Bonchev–Trinajstić information content (AvgIpc) is 2.41. The zero-order valence-electron chi connectivity index (χ0n) is 10.3. The number of benzene rings is 2. The van der Waals surface area contributed by atoms with E-state index in [0.29, 0.717) is 20.9 Å². The third kappa shape index (κ3) is 3.44. The molecule has 6 heteroatoms. The number of hydrogen-bond acceptors (Lipinski definition) is 2. The number of nitrogens with two attached hydrogens (primary N) is 1. The van der Waals surface area contributed by atoms with Crippen molar-refractivity contribution in [1.82, 2.24) is 5.43 Å². The van der Waals surface area contributed by atoms with E-state index in [1.54, 1.807) is 24.3 Å². The van der Waals surface area contributed by atoms with Crippen LogP contribution in [-0.4, -0.2) is 0 Å². The minimum Gasteiger partial charge on any atom is -0.271 e. The molecule has 0 heterocycles. The highest BCUT2D eigenvalue weighted by Crippen LogP contribution is 2.29. The van der Waals surface area contributed by atoms with Crippen molar-refractivity contribution in [2.75, 3.05) is 0 Å². The molecule has 2 aromatic rings. The van der Waals surface area contributed by atoms with Gasteiger partial charge in [0, 0.05) is 10.0 Å². The number of halogens is 4. The Morgan fingerprint density at radius 1 is 1.05 bits per heavy atom. The van der Waals surface area contributed by atoms with Crippen molar-refractivity contribution in [3.8, 4) is 0 Å². The molecule has 20 heavy (non-hydrogen) atoms. The Morgan fingerprint density at radius 2 is 1.80 bits per heavy atom. The Hall–Kier alpha value is -0.820. The number of hydrazine groups is 1. The molecule has 0 aliphatic rings. The van der Waals surface area contributed by atoms with E-state index in [2.05, 4.69) is 37.3 Å². The Morgan fingerprint density at radius 3 is 2.40 bits per heavy atom. The lowest BCUT2D eigenvalue weighted by Crippen LogP contribution is -2.30. The van der Waals surface area contributed by atoms with Crippen LogP contribution in [0.15, 0.2) is 45.3 Å². The lowest BCUT2D eigenvalue weighted by Gasteiger charge is -2.19. The molecule has 1 atom stereocenters. The minimum atomic E-state index is -0.414. The summed E-state index contributed by atoms with van der Waals surface area (Å²) in [6, 6.07) is 9.01. The van der Waals surface area contributed by atoms with Crippen LogP contribution in [0.5, 0.6) is 0 Å². The third-order valence-corrected chi connectivity index (χ3v) is 4.27. The highest BCUT2D eigenvalue weighted by Gasteiger charge is 2.18. The summed E-state index contributed by atoms with van der Waals surface area (Å²) in [5.41, 5.74) is 3.90. The molecule has 3 N–H and O–H groups in total. The van der Waals surface area contributed by atoms with Gasteiger partial charge in [0.25, 0.3) is 0 Å². The molecule has 1 unspecified atom stereocenters. The monoisotopic (exact) mass is 404 g/mol. The van der Waals surface area contributed by atoms with Gasteiger partial charge in [0.05, 0.1) is 10.5 Å². The molecule has 0 saturated heterocycles. The summed E-state index contributed by atoms with van der Waals surface area (Å²) in [7, 11) is 0. The quantitative estimate of drug-likeness (QED) is 0.589. The Balaban J connectivity index is 2.31. The first-order valence-corrected chi connectivity index (χ1v) is 7.45. The molecule has 0 bridgehead atoms. The van der Waals surface area contributed by atoms with E-state index in [4.69, 9.17) is 5.84 Å². The van der Waals surface area contributed by atoms with E-state index in [9.17, 15) is 8.78 Å². The topological polar surface area (TPSA) is 38.0 Å². The van der Waals surface area contributed by atoms with Crippen LogP contribution in [0.3, 0.4) is 0 Å². The smallest absolute Gasteiger partial charge is 0.137 e. The molecule has 2 nitrogen and oxygen atoms in total. The summed E-state index contributed by atoms with van der Waals surface area (Å²) in [5, 5.41) is 0. The van der Waals surface area contributed by atoms with Crippen LogP contribution >= 0.6 is 31.9 Å². The maximum atomic E-state index is 13.9. The van der Waals surface area contributed by atoms with Crippen molar-refractivity contribution in [2.24, 2.45) is 5.84 Å². The van der Waals surface area contributed by atoms with E-state index >= 15 is 0 Å². The first-order chi connectivity index (χ1) is 9.52. The van der Waals surface area contributed by atoms with Crippen LogP contribution in [0.2, 0.25) is 0 Å². The molecule has 0 amide bonds. The molecule has 0 aromatic heterocycles. The SMILES string of the molecule is NNC(Cc1ccc(F)c(Br)c1)c1c(F)cccc1Br. The van der Waals surface area contributed by atoms with E-state index in [1.807, 2.05) is 0 Å². The number of nitrogens with one attached hydrogen (secondary N) is 1. The fourth-order valence-corrected chi connectivity index (χ4v) is 3.03. The molecular formula is C14H12Br2F2N2. The molecule has 2 rings (SSSR count). The van der Waals surface area contributed by atoms with Gasteiger partial charge >= 0.3 is 0 Å². The lowest BCUT2D eigenvalue weighted by atomic mass is 9.99. The molecule has 0 aliphatic carbocycles. The summed E-state index contributed by atoms with van der Waals surface area (Å²) in [4.78, 5) is 0. The Kier molecular flexibility index (Phi) is 5.26. The van der Waals surface area contributed by atoms with Crippen molar-refractivity contribution in [2.45, 2.75) is 12.5 Å². The van der Waals surface area contributed by atoms with Gasteiger partial charge in [0.1, 0.15) is 11.6 Å². The zero-order chi connectivity index (χ0) is 14.7. The summed E-state index contributed by atoms with van der Waals surface area (Å²) in [6.07, 6.45) is 0.439. The van der Waals surface area contributed by atoms with Gasteiger partial charge in [-0.15, -0.1) is 0 Å². The minimum absolute atomic E-state index is 0.335. The second-order valence-corrected chi connectivity index (χ2v) is 6.02. The van der Waals surface area contributed by atoms with Crippen LogP contribution in [0.25, 0.3) is 0 Å². The van der Waals surface area contributed by atoms with Gasteiger partial charge < -0.3 is 0 Å². The first kappa shape index (κ1) is 15.6. The molecular weight excluding hydrogens is 394 g/mol. The zero-order valence-corrected chi connectivity index (χ0v) is 13.5. The normalized spacial score (nSPS) is 12.4. The van der Waals surface area contributed by atoms with Crippen LogP contribution in [0.1, 0.15) is 17.2 Å². The molecule has 0 aliphatic heterocycles. The molecule has 0 saturated carbocycles.